The van der Waals surface area contributed by atoms with Gasteiger partial charge in [-0.15, -0.1) is 0 Å². The molecule has 0 spiro atoms. The average molecular weight is 292 g/mol. The lowest BCUT2D eigenvalue weighted by molar-refractivity contribution is 0.104. The summed E-state index contributed by atoms with van der Waals surface area (Å²) in [4.78, 5) is 11.8. The number of allylic oxidation sites excluding steroid dienone is 1. The molecule has 2 aromatic rings. The highest BCUT2D eigenvalue weighted by molar-refractivity contribution is 6.43. The first-order valence-electron chi connectivity index (χ1n) is 5.65. The highest BCUT2D eigenvalue weighted by Crippen LogP contribution is 2.29. The summed E-state index contributed by atoms with van der Waals surface area (Å²) in [6.45, 7) is 0. The minimum atomic E-state index is -0.0775. The third-order valence-corrected chi connectivity index (χ3v) is 3.30. The van der Waals surface area contributed by atoms with E-state index in [2.05, 4.69) is 5.32 Å². The average Bonchev–Trinajstić information content (AvgIpc) is 2.44. The minimum Gasteiger partial charge on any atom is -0.360 e. The molecule has 2 aromatic carbocycles. The smallest absolute Gasteiger partial charge is 0.187 e. The van der Waals surface area contributed by atoms with Crippen LogP contribution in [-0.4, -0.2) is 5.78 Å². The Bertz CT molecular complexity index is 609. The molecule has 2 rings (SSSR count). The molecule has 0 amide bonds. The highest BCUT2D eigenvalue weighted by atomic mass is 35.5. The summed E-state index contributed by atoms with van der Waals surface area (Å²) in [7, 11) is 0. The van der Waals surface area contributed by atoms with Crippen LogP contribution in [0.5, 0.6) is 0 Å². The largest absolute Gasteiger partial charge is 0.360 e. The van der Waals surface area contributed by atoms with E-state index in [4.69, 9.17) is 23.2 Å². The number of ketones is 1. The van der Waals surface area contributed by atoms with Crippen LogP contribution in [0.4, 0.5) is 5.69 Å². The van der Waals surface area contributed by atoms with Gasteiger partial charge in [0.1, 0.15) is 0 Å². The second kappa shape index (κ2) is 6.41. The Hall–Kier alpha value is -1.77. The Morgan fingerprint density at radius 2 is 1.74 bits per heavy atom. The van der Waals surface area contributed by atoms with E-state index in [1.54, 1.807) is 36.5 Å². The fourth-order valence-corrected chi connectivity index (χ4v) is 1.88. The van der Waals surface area contributed by atoms with Crippen molar-refractivity contribution >= 4 is 34.7 Å². The van der Waals surface area contributed by atoms with E-state index in [1.165, 1.54) is 6.08 Å². The zero-order chi connectivity index (χ0) is 13.7. The van der Waals surface area contributed by atoms with Gasteiger partial charge in [0, 0.05) is 17.8 Å². The van der Waals surface area contributed by atoms with Crippen molar-refractivity contribution in [3.05, 3.63) is 76.4 Å². The molecule has 0 atom stereocenters. The third kappa shape index (κ3) is 3.60. The first kappa shape index (κ1) is 13.7. The van der Waals surface area contributed by atoms with Crippen molar-refractivity contribution in [3.63, 3.8) is 0 Å². The lowest BCUT2D eigenvalue weighted by Gasteiger charge is -2.04. The van der Waals surface area contributed by atoms with Crippen molar-refractivity contribution in [2.24, 2.45) is 0 Å². The minimum absolute atomic E-state index is 0.0775. The van der Waals surface area contributed by atoms with Crippen LogP contribution < -0.4 is 5.32 Å². The summed E-state index contributed by atoms with van der Waals surface area (Å²) in [5, 5.41) is 3.84. The summed E-state index contributed by atoms with van der Waals surface area (Å²) in [6, 6.07) is 14.3. The molecule has 0 unspecified atom stereocenters. The summed E-state index contributed by atoms with van der Waals surface area (Å²) < 4.78 is 0. The summed E-state index contributed by atoms with van der Waals surface area (Å²) in [5.41, 5.74) is 1.30. The van der Waals surface area contributed by atoms with Crippen molar-refractivity contribution in [2.75, 3.05) is 5.32 Å². The molecule has 0 aromatic heterocycles. The van der Waals surface area contributed by atoms with Gasteiger partial charge >= 0.3 is 0 Å². The quantitative estimate of drug-likeness (QED) is 0.647. The van der Waals surface area contributed by atoms with E-state index in [0.29, 0.717) is 21.3 Å². The second-order valence-corrected chi connectivity index (χ2v) is 4.59. The summed E-state index contributed by atoms with van der Waals surface area (Å²) >= 11 is 11.9. The van der Waals surface area contributed by atoms with Gasteiger partial charge in [-0.1, -0.05) is 59.6 Å². The van der Waals surface area contributed by atoms with Crippen molar-refractivity contribution < 1.29 is 4.79 Å². The maximum Gasteiger partial charge on any atom is 0.187 e. The Kier molecular flexibility index (Phi) is 4.61. The van der Waals surface area contributed by atoms with Crippen molar-refractivity contribution in [3.8, 4) is 0 Å². The van der Waals surface area contributed by atoms with Gasteiger partial charge in [-0.05, 0) is 12.1 Å². The van der Waals surface area contributed by atoms with Gasteiger partial charge in [-0.3, -0.25) is 4.79 Å². The van der Waals surface area contributed by atoms with E-state index in [-0.39, 0.29) is 5.78 Å². The first-order valence-corrected chi connectivity index (χ1v) is 6.40. The summed E-state index contributed by atoms with van der Waals surface area (Å²) in [5.74, 6) is -0.0775. The monoisotopic (exact) mass is 291 g/mol. The SMILES string of the molecule is O=C(C=CNc1cccc(Cl)c1Cl)c1ccccc1. The van der Waals surface area contributed by atoms with Gasteiger partial charge in [-0.2, -0.15) is 0 Å². The molecule has 0 aliphatic rings. The molecule has 0 aliphatic carbocycles. The van der Waals surface area contributed by atoms with Crippen LogP contribution in [-0.2, 0) is 0 Å². The molecular weight excluding hydrogens is 281 g/mol. The molecular formula is C15H11Cl2NO. The van der Waals surface area contributed by atoms with Gasteiger partial charge in [-0.25, -0.2) is 0 Å². The van der Waals surface area contributed by atoms with Crippen LogP contribution >= 0.6 is 23.2 Å². The van der Waals surface area contributed by atoms with Gasteiger partial charge in [0.25, 0.3) is 0 Å². The molecule has 1 N–H and O–H groups in total. The predicted molar refractivity (Wildman–Crippen MR) is 80.0 cm³/mol. The maximum absolute atomic E-state index is 11.8. The normalized spacial score (nSPS) is 10.6. The number of anilines is 1. The third-order valence-electron chi connectivity index (χ3n) is 2.48. The van der Waals surface area contributed by atoms with E-state index in [0.717, 1.165) is 0 Å². The van der Waals surface area contributed by atoms with Crippen molar-refractivity contribution in [2.45, 2.75) is 0 Å². The molecule has 0 saturated heterocycles. The Morgan fingerprint density at radius 1 is 1.00 bits per heavy atom. The summed E-state index contributed by atoms with van der Waals surface area (Å²) in [6.07, 6.45) is 3.00. The van der Waals surface area contributed by atoms with Gasteiger partial charge in [0.2, 0.25) is 0 Å². The number of hydrogen-bond donors (Lipinski definition) is 1. The maximum atomic E-state index is 11.8. The molecule has 0 bridgehead atoms. The van der Waals surface area contributed by atoms with E-state index in [9.17, 15) is 4.79 Å². The van der Waals surface area contributed by atoms with Crippen LogP contribution in [0.3, 0.4) is 0 Å². The molecule has 0 aliphatic heterocycles. The number of rotatable bonds is 4. The first-order chi connectivity index (χ1) is 9.18. The van der Waals surface area contributed by atoms with Crippen LogP contribution in [0, 0.1) is 0 Å². The molecule has 19 heavy (non-hydrogen) atoms. The molecule has 0 radical (unpaired) electrons. The van der Waals surface area contributed by atoms with Crippen LogP contribution in [0.15, 0.2) is 60.8 Å². The van der Waals surface area contributed by atoms with E-state index in [1.807, 2.05) is 18.2 Å². The zero-order valence-corrected chi connectivity index (χ0v) is 11.4. The number of carbonyl (C=O) groups is 1. The number of benzene rings is 2. The van der Waals surface area contributed by atoms with Crippen molar-refractivity contribution in [1.82, 2.24) is 0 Å². The van der Waals surface area contributed by atoms with Gasteiger partial charge in [0.15, 0.2) is 5.78 Å². The Balaban J connectivity index is 2.05. The van der Waals surface area contributed by atoms with E-state index >= 15 is 0 Å². The number of halogens is 2. The topological polar surface area (TPSA) is 29.1 Å². The van der Waals surface area contributed by atoms with Gasteiger partial charge < -0.3 is 5.32 Å². The van der Waals surface area contributed by atoms with E-state index < -0.39 is 0 Å². The number of nitrogens with one attached hydrogen (secondary N) is 1. The zero-order valence-electron chi connectivity index (χ0n) is 9.94. The lowest BCUT2D eigenvalue weighted by atomic mass is 10.1. The lowest BCUT2D eigenvalue weighted by Crippen LogP contribution is -1.96. The molecule has 0 fully saturated rings. The standard InChI is InChI=1S/C15H11Cl2NO/c16-12-7-4-8-13(15(12)17)18-10-9-14(19)11-5-2-1-3-6-11/h1-10,18H. The second-order valence-electron chi connectivity index (χ2n) is 3.81. The molecule has 0 heterocycles. The molecule has 0 saturated carbocycles. The number of carbonyl (C=O) groups excluding carboxylic acids is 1. The molecule has 96 valence electrons. The number of hydrogen-bond acceptors (Lipinski definition) is 2. The fourth-order valence-electron chi connectivity index (χ4n) is 1.52. The Morgan fingerprint density at radius 3 is 2.47 bits per heavy atom. The van der Waals surface area contributed by atoms with Gasteiger partial charge in [0.05, 0.1) is 15.7 Å². The molecule has 2 nitrogen and oxygen atoms in total. The van der Waals surface area contributed by atoms with Crippen LogP contribution in [0.25, 0.3) is 0 Å². The Labute approximate surface area is 121 Å². The predicted octanol–water partition coefficient (Wildman–Crippen LogP) is 4.80. The van der Waals surface area contributed by atoms with Crippen LogP contribution in [0.1, 0.15) is 10.4 Å². The molecule has 4 heteroatoms. The highest BCUT2D eigenvalue weighted by Gasteiger charge is 2.02. The fraction of sp³-hybridized carbons (Fsp3) is 0. The van der Waals surface area contributed by atoms with Crippen LogP contribution in [0.2, 0.25) is 10.0 Å². The van der Waals surface area contributed by atoms with Crippen molar-refractivity contribution in [1.29, 1.82) is 0 Å².